The molecule has 814 valence electrons. The summed E-state index contributed by atoms with van der Waals surface area (Å²) in [6.45, 7) is 40.0. The molecule has 0 amide bonds. The Bertz CT molecular complexity index is 3010. The molecule has 14 nitrogen and oxygen atoms in total. The number of ether oxygens (including phenoxy) is 7. The summed E-state index contributed by atoms with van der Waals surface area (Å²) in [7, 11) is 0. The van der Waals surface area contributed by atoms with Gasteiger partial charge in [-0.1, -0.05) is 422 Å². The molecule has 2 unspecified atom stereocenters. The van der Waals surface area contributed by atoms with Crippen molar-refractivity contribution in [3.63, 3.8) is 0 Å². The van der Waals surface area contributed by atoms with Crippen LogP contribution in [-0.4, -0.2) is 135 Å². The first kappa shape index (κ1) is 144. The summed E-state index contributed by atoms with van der Waals surface area (Å²) in [6.07, 6.45) is 73.8. The zero-order chi connectivity index (χ0) is 106. The van der Waals surface area contributed by atoms with Gasteiger partial charge in [-0.2, -0.15) is 52.7 Å². The van der Waals surface area contributed by atoms with Crippen LogP contribution in [0.25, 0.3) is 0 Å². The Kier molecular flexibility index (Phi) is 102. The van der Waals surface area contributed by atoms with Crippen LogP contribution in [0.3, 0.4) is 0 Å². The van der Waals surface area contributed by atoms with Crippen molar-refractivity contribution in [2.45, 2.75) is 528 Å². The number of carbonyl (C=O) groups excluding carboxylic acids is 7. The lowest BCUT2D eigenvalue weighted by molar-refractivity contribution is -0.344. The largest absolute Gasteiger partial charge is 0.463 e. The van der Waals surface area contributed by atoms with Gasteiger partial charge in [0.25, 0.3) is 0 Å². The molecule has 0 N–H and O–H groups in total. The zero-order valence-corrected chi connectivity index (χ0v) is 86.7. The average Bonchev–Trinajstić information content (AvgIpc) is 0.767. The summed E-state index contributed by atoms with van der Waals surface area (Å²) in [5.74, 6) is -41.1. The molecule has 0 rings (SSSR count). The van der Waals surface area contributed by atoms with E-state index in [1.807, 2.05) is 0 Å². The second-order valence-electron chi connectivity index (χ2n) is 35.5. The van der Waals surface area contributed by atoms with Gasteiger partial charge >= 0.3 is 90.2 Å². The van der Waals surface area contributed by atoms with Crippen molar-refractivity contribution in [1.82, 2.24) is 0 Å². The number of esters is 7. The number of rotatable bonds is 84. The second kappa shape index (κ2) is 97.8. The standard InChI is InChI=1S/C22H42O2.C21H40O2.C17H32O2.C16H30O2.C15H28O2.C9H8F8O2.C8H6F8O2/c1-5-7-9-11-13-15-17-19-21(24-22(23)20(3)4)18-16-14-12-10-8-6-2;1-4-7-9-11-13-15-17-19-20(23-21(22)6-3)18-16-14-12-10-8-5-2;1-4-5-6-7-8-9-10-11-12-13-14-15-19-17(18)16(2)3;1-3-5-6-7-8-9-10-11-12-13-14-15-18-16(17)4-2;1-3-5-6-7-8-9-10-11-12-13-14-17-15(16)4-2;1-4(2)5(18)19-3-7(12,13)9(16,17)8(14,15)6(10)11;1-2-4(17)18-3-6(11,12)8(15,16)7(13,14)5(9)10/h21H,3,5-19H2,1-2,4H3;6,20H,3-5,7-19H2,1-2H3;2,4-15H2,1,3H3;4H,2-3,5-15H2,1H3;4H,2-3,5-14H2,1H3;6H,1,3H2,2H3;2,5H,1,3H2. The molecule has 0 aliphatic carbocycles. The number of carbonyl (C=O) groups is 7. The van der Waals surface area contributed by atoms with E-state index in [0.717, 1.165) is 51.9 Å². The van der Waals surface area contributed by atoms with Crippen molar-refractivity contribution in [3.05, 3.63) is 87.1 Å². The minimum Gasteiger partial charge on any atom is -0.463 e. The first-order valence-corrected chi connectivity index (χ1v) is 51.9. The van der Waals surface area contributed by atoms with Crippen LogP contribution in [0.4, 0.5) is 70.2 Å². The summed E-state index contributed by atoms with van der Waals surface area (Å²) in [4.78, 5) is 76.8. The third-order valence-corrected chi connectivity index (χ3v) is 22.1. The SMILES string of the molecule is C=C(C)C(=O)OC(CCCCCCCC)CCCCCCCCC.C=C(C)C(=O)OCC(F)(F)C(F)(F)C(F)(F)C(F)F.C=C(C)C(=O)OCCCCCCCCCCCCC.C=CC(=O)OC(CCCCCCCC)CCCCCCCCC.C=CC(=O)OCC(F)(F)C(F)(F)C(F)(F)C(F)F.C=CC(=O)OCCCCCCCCCCCC.C=CC(=O)OCCCCCCCCCCCCC. The van der Waals surface area contributed by atoms with Crippen molar-refractivity contribution >= 4 is 41.8 Å². The molecule has 0 aliphatic heterocycles. The van der Waals surface area contributed by atoms with Crippen LogP contribution in [0, 0.1) is 0 Å². The molecule has 138 heavy (non-hydrogen) atoms. The maximum atomic E-state index is 12.8. The second-order valence-corrected chi connectivity index (χ2v) is 35.5. The summed E-state index contributed by atoms with van der Waals surface area (Å²) in [5.41, 5.74) is 0.547. The number of alkyl halides is 16. The molecule has 0 spiro atoms. The first-order valence-electron chi connectivity index (χ1n) is 51.9. The van der Waals surface area contributed by atoms with Crippen LogP contribution in [0.15, 0.2) is 87.1 Å². The maximum absolute atomic E-state index is 12.8. The normalized spacial score (nSPS) is 11.8. The Morgan fingerprint density at radius 1 is 0.239 bits per heavy atom. The van der Waals surface area contributed by atoms with Gasteiger partial charge in [0.1, 0.15) is 12.2 Å². The molecular formula is C108H186F16O14. The van der Waals surface area contributed by atoms with Crippen LogP contribution in [0.5, 0.6) is 0 Å². The van der Waals surface area contributed by atoms with Gasteiger partial charge in [-0.3, -0.25) is 0 Å². The van der Waals surface area contributed by atoms with E-state index in [2.05, 4.69) is 104 Å². The molecule has 0 fully saturated rings. The fourth-order valence-corrected chi connectivity index (χ4v) is 13.3. The maximum Gasteiger partial charge on any atom is 0.381 e. The van der Waals surface area contributed by atoms with E-state index in [9.17, 15) is 104 Å². The molecular weight excluding hydrogens is 1830 g/mol. The molecule has 2 atom stereocenters. The Morgan fingerprint density at radius 3 is 0.630 bits per heavy atom. The molecule has 0 aromatic rings. The highest BCUT2D eigenvalue weighted by atomic mass is 19.4. The van der Waals surface area contributed by atoms with Crippen LogP contribution in [0.1, 0.15) is 467 Å². The summed E-state index contributed by atoms with van der Waals surface area (Å²) < 4.78 is 230. The molecule has 0 bridgehead atoms. The van der Waals surface area contributed by atoms with Gasteiger partial charge in [-0.05, 0) is 91.4 Å². The number of halogens is 16. The van der Waals surface area contributed by atoms with Crippen molar-refractivity contribution in [3.8, 4) is 0 Å². The van der Waals surface area contributed by atoms with Gasteiger partial charge in [0.05, 0.1) is 19.8 Å². The average molecular weight is 2010 g/mol. The highest BCUT2D eigenvalue weighted by Gasteiger charge is 2.77. The summed E-state index contributed by atoms with van der Waals surface area (Å²) in [6, 6.07) is 0. The predicted molar refractivity (Wildman–Crippen MR) is 527 cm³/mol. The van der Waals surface area contributed by atoms with Gasteiger partial charge in [0.15, 0.2) is 13.2 Å². The third kappa shape index (κ3) is 87.2. The Balaban J connectivity index is -0.000000291. The van der Waals surface area contributed by atoms with Gasteiger partial charge in [-0.25, -0.2) is 51.1 Å². The first-order chi connectivity index (χ1) is 65.3. The van der Waals surface area contributed by atoms with E-state index in [1.165, 1.54) is 371 Å². The molecule has 30 heteroatoms. The van der Waals surface area contributed by atoms with Crippen molar-refractivity contribution in [2.24, 2.45) is 0 Å². The molecule has 0 aliphatic rings. The molecule has 0 saturated carbocycles. The van der Waals surface area contributed by atoms with Gasteiger partial charge in [0, 0.05) is 41.0 Å². The van der Waals surface area contributed by atoms with Crippen LogP contribution >= 0.6 is 0 Å². The molecule has 0 saturated heterocycles. The van der Waals surface area contributed by atoms with Gasteiger partial charge < -0.3 is 33.2 Å². The predicted octanol–water partition coefficient (Wildman–Crippen LogP) is 35.6. The molecule has 0 heterocycles. The van der Waals surface area contributed by atoms with E-state index < -0.39 is 79.1 Å². The highest BCUT2D eigenvalue weighted by molar-refractivity contribution is 5.88. The Labute approximate surface area is 823 Å². The van der Waals surface area contributed by atoms with E-state index in [-0.39, 0.29) is 42.1 Å². The Hall–Kier alpha value is -6.65. The van der Waals surface area contributed by atoms with Crippen LogP contribution < -0.4 is 0 Å². The fourth-order valence-electron chi connectivity index (χ4n) is 13.3. The Morgan fingerprint density at radius 2 is 0.420 bits per heavy atom. The van der Waals surface area contributed by atoms with Crippen LogP contribution in [0.2, 0.25) is 0 Å². The van der Waals surface area contributed by atoms with Crippen molar-refractivity contribution < 1.29 is 137 Å². The topological polar surface area (TPSA) is 184 Å². The highest BCUT2D eigenvalue weighted by Crippen LogP contribution is 2.50. The molecule has 0 aromatic carbocycles. The number of unbranched alkanes of at least 4 members (excludes halogenated alkanes) is 51. The van der Waals surface area contributed by atoms with Gasteiger partial charge in [0.2, 0.25) is 0 Å². The summed E-state index contributed by atoms with van der Waals surface area (Å²) in [5, 5.41) is 0. The van der Waals surface area contributed by atoms with E-state index in [0.29, 0.717) is 37.0 Å². The van der Waals surface area contributed by atoms with E-state index in [4.69, 9.17) is 23.7 Å². The van der Waals surface area contributed by atoms with E-state index in [1.54, 1.807) is 13.8 Å². The lowest BCUT2D eigenvalue weighted by Gasteiger charge is -2.31. The number of hydrogen-bond donors (Lipinski definition) is 0. The minimum atomic E-state index is -6.39. The fraction of sp³-hybridized carbons (Fsp3) is 0.806. The van der Waals surface area contributed by atoms with Crippen molar-refractivity contribution in [2.75, 3.05) is 33.0 Å². The number of hydrogen-bond acceptors (Lipinski definition) is 14. The zero-order valence-electron chi connectivity index (χ0n) is 86.7. The smallest absolute Gasteiger partial charge is 0.381 e. The van der Waals surface area contributed by atoms with Crippen LogP contribution in [-0.2, 0) is 66.7 Å². The lowest BCUT2D eigenvalue weighted by atomic mass is 10.0. The third-order valence-electron chi connectivity index (χ3n) is 22.1. The molecule has 0 aromatic heterocycles. The van der Waals surface area contributed by atoms with E-state index >= 15 is 0 Å². The molecule has 0 radical (unpaired) electrons. The van der Waals surface area contributed by atoms with Crippen molar-refractivity contribution in [1.29, 1.82) is 0 Å². The summed E-state index contributed by atoms with van der Waals surface area (Å²) >= 11 is 0. The monoisotopic (exact) mass is 2010 g/mol. The lowest BCUT2D eigenvalue weighted by Crippen LogP contribution is -2.59. The quantitative estimate of drug-likeness (QED) is 0.0184. The minimum absolute atomic E-state index is 0.0935. The van der Waals surface area contributed by atoms with Gasteiger partial charge in [-0.15, -0.1) is 0 Å².